The number of hydrogen-bond acceptors (Lipinski definition) is 0. The number of alkyl halides is 3. The molecular formula is C9H11F3P+. The highest BCUT2D eigenvalue weighted by molar-refractivity contribution is 7.82. The van der Waals surface area contributed by atoms with E-state index in [2.05, 4.69) is 0 Å². The van der Waals surface area contributed by atoms with Crippen molar-refractivity contribution in [3.63, 3.8) is 0 Å². The van der Waals surface area contributed by atoms with Gasteiger partial charge in [-0.3, -0.25) is 0 Å². The topological polar surface area (TPSA) is 0 Å². The van der Waals surface area contributed by atoms with Crippen molar-refractivity contribution in [3.8, 4) is 0 Å². The van der Waals surface area contributed by atoms with Crippen LogP contribution in [0, 0.1) is 0 Å². The smallest absolute Gasteiger partial charge is 0.135 e. The second-order valence-electron chi connectivity index (χ2n) is 3.26. The average molecular weight is 207 g/mol. The Hall–Kier alpha value is -0.560. The lowest BCUT2D eigenvalue weighted by atomic mass is 10.4. The molecule has 0 fully saturated rings. The first-order chi connectivity index (χ1) is 5.86. The maximum absolute atomic E-state index is 12.6. The van der Waals surface area contributed by atoms with Gasteiger partial charge in [0.05, 0.1) is 13.3 Å². The summed E-state index contributed by atoms with van der Waals surface area (Å²) in [5.41, 5.74) is 0. The molecule has 0 spiro atoms. The van der Waals surface area contributed by atoms with Gasteiger partial charge >= 0.3 is 5.92 Å². The van der Waals surface area contributed by atoms with Crippen LogP contribution in [0.15, 0.2) is 30.3 Å². The highest BCUT2D eigenvalue weighted by atomic mass is 31.2. The second kappa shape index (κ2) is 3.30. The van der Waals surface area contributed by atoms with Crippen LogP contribution in [-0.2, 0) is 0 Å². The fraction of sp³-hybridized carbons (Fsp3) is 0.333. The zero-order chi connectivity index (χ0) is 10.1. The van der Waals surface area contributed by atoms with Crippen LogP contribution >= 0.6 is 7.26 Å². The largest absolute Gasteiger partial charge is 0.513 e. The Kier molecular flexibility index (Phi) is 2.67. The summed E-state index contributed by atoms with van der Waals surface area (Å²) >= 11 is 0. The molecule has 0 saturated carbocycles. The van der Waals surface area contributed by atoms with Gasteiger partial charge in [-0.25, -0.2) is 0 Å². The summed E-state index contributed by atoms with van der Waals surface area (Å²) < 4.78 is 37.7. The number of benzene rings is 1. The molecule has 1 aromatic carbocycles. The van der Waals surface area contributed by atoms with Gasteiger partial charge in [-0.2, -0.15) is 0 Å². The molecule has 0 atom stereocenters. The molecule has 0 unspecified atom stereocenters. The van der Waals surface area contributed by atoms with Crippen LogP contribution in [0.1, 0.15) is 0 Å². The SMILES string of the molecule is C[P+](C)(c1ccccc1)C(F)(F)F. The lowest BCUT2D eigenvalue weighted by Gasteiger charge is -2.19. The van der Waals surface area contributed by atoms with Crippen LogP contribution in [0.3, 0.4) is 0 Å². The van der Waals surface area contributed by atoms with Gasteiger partial charge in [-0.05, 0) is 12.1 Å². The van der Waals surface area contributed by atoms with Gasteiger partial charge in [0.1, 0.15) is 5.30 Å². The molecule has 4 heteroatoms. The van der Waals surface area contributed by atoms with Crippen molar-refractivity contribution in [2.24, 2.45) is 0 Å². The summed E-state index contributed by atoms with van der Waals surface area (Å²) in [5, 5.41) is 0.405. The molecule has 13 heavy (non-hydrogen) atoms. The van der Waals surface area contributed by atoms with Crippen molar-refractivity contribution in [2.45, 2.75) is 5.92 Å². The lowest BCUT2D eigenvalue weighted by molar-refractivity contribution is -0.0414. The highest BCUT2D eigenvalue weighted by Crippen LogP contribution is 2.64. The van der Waals surface area contributed by atoms with Crippen molar-refractivity contribution in [3.05, 3.63) is 30.3 Å². The van der Waals surface area contributed by atoms with E-state index in [1.165, 1.54) is 13.3 Å². The first kappa shape index (κ1) is 10.5. The molecule has 0 nitrogen and oxygen atoms in total. The molecule has 0 N–H and O–H groups in total. The molecular weight excluding hydrogens is 196 g/mol. The van der Waals surface area contributed by atoms with Crippen molar-refractivity contribution in [2.75, 3.05) is 13.3 Å². The predicted octanol–water partition coefficient (Wildman–Crippen LogP) is 3.11. The molecule has 0 aromatic heterocycles. The van der Waals surface area contributed by atoms with Crippen LogP contribution in [0.5, 0.6) is 0 Å². The molecule has 1 aromatic rings. The molecule has 0 amide bonds. The number of halogens is 3. The Morgan fingerprint density at radius 2 is 1.46 bits per heavy atom. The minimum atomic E-state index is -4.09. The minimum Gasteiger partial charge on any atom is -0.135 e. The maximum Gasteiger partial charge on any atom is 0.513 e. The molecule has 0 bridgehead atoms. The average Bonchev–Trinajstić information content (AvgIpc) is 2.04. The van der Waals surface area contributed by atoms with Gasteiger partial charge in [-0.15, -0.1) is 13.2 Å². The van der Waals surface area contributed by atoms with E-state index in [1.54, 1.807) is 30.3 Å². The van der Waals surface area contributed by atoms with Crippen molar-refractivity contribution >= 4 is 12.6 Å². The van der Waals surface area contributed by atoms with Crippen LogP contribution in [0.4, 0.5) is 13.2 Å². The van der Waals surface area contributed by atoms with Crippen LogP contribution in [0.25, 0.3) is 0 Å². The monoisotopic (exact) mass is 207 g/mol. The van der Waals surface area contributed by atoms with Gasteiger partial charge in [0.25, 0.3) is 0 Å². The van der Waals surface area contributed by atoms with Crippen molar-refractivity contribution in [1.29, 1.82) is 0 Å². The number of hydrogen-bond donors (Lipinski definition) is 0. The van der Waals surface area contributed by atoms with E-state index in [4.69, 9.17) is 0 Å². The van der Waals surface area contributed by atoms with Crippen molar-refractivity contribution < 1.29 is 13.2 Å². The molecule has 72 valence electrons. The Balaban J connectivity index is 3.08. The van der Waals surface area contributed by atoms with E-state index in [0.29, 0.717) is 5.30 Å². The third-order valence-electron chi connectivity index (χ3n) is 2.04. The third-order valence-corrected chi connectivity index (χ3v) is 4.89. The molecule has 1 rings (SSSR count). The van der Waals surface area contributed by atoms with Crippen LogP contribution in [-0.4, -0.2) is 19.2 Å². The Morgan fingerprint density at radius 3 is 1.85 bits per heavy atom. The van der Waals surface area contributed by atoms with E-state index in [9.17, 15) is 13.2 Å². The molecule has 0 heterocycles. The summed E-state index contributed by atoms with van der Waals surface area (Å²) in [5.74, 6) is -4.09. The molecule has 0 aliphatic rings. The van der Waals surface area contributed by atoms with Crippen LogP contribution < -0.4 is 5.30 Å². The normalized spacial score (nSPS) is 13.0. The maximum atomic E-state index is 12.6. The Bertz CT molecular complexity index is 277. The molecule has 0 saturated heterocycles. The van der Waals surface area contributed by atoms with E-state index in [-0.39, 0.29) is 0 Å². The van der Waals surface area contributed by atoms with Crippen molar-refractivity contribution in [1.82, 2.24) is 0 Å². The molecule has 0 aliphatic heterocycles. The van der Waals surface area contributed by atoms with Gasteiger partial charge in [-0.1, -0.05) is 18.2 Å². The van der Waals surface area contributed by atoms with E-state index < -0.39 is 13.2 Å². The van der Waals surface area contributed by atoms with Crippen LogP contribution in [0.2, 0.25) is 0 Å². The first-order valence-electron chi connectivity index (χ1n) is 3.82. The Labute approximate surface area is 76.1 Å². The van der Waals surface area contributed by atoms with E-state index >= 15 is 0 Å². The predicted molar refractivity (Wildman–Crippen MR) is 50.9 cm³/mol. The quantitative estimate of drug-likeness (QED) is 0.620. The summed E-state index contributed by atoms with van der Waals surface area (Å²) in [6.07, 6.45) is 0. The van der Waals surface area contributed by atoms with Gasteiger partial charge in [0.15, 0.2) is 7.26 Å². The van der Waals surface area contributed by atoms with E-state index in [1.807, 2.05) is 0 Å². The lowest BCUT2D eigenvalue weighted by Crippen LogP contribution is -2.23. The first-order valence-corrected chi connectivity index (χ1v) is 6.50. The molecule has 0 aliphatic carbocycles. The van der Waals surface area contributed by atoms with E-state index in [0.717, 1.165) is 0 Å². The minimum absolute atomic E-state index is 0.405. The zero-order valence-corrected chi connectivity index (χ0v) is 8.36. The highest BCUT2D eigenvalue weighted by Gasteiger charge is 2.56. The van der Waals surface area contributed by atoms with Gasteiger partial charge < -0.3 is 0 Å². The fourth-order valence-electron chi connectivity index (χ4n) is 0.947. The zero-order valence-electron chi connectivity index (χ0n) is 7.47. The summed E-state index contributed by atoms with van der Waals surface area (Å²) in [6.45, 7) is 2.59. The fourth-order valence-corrected chi connectivity index (χ4v) is 2.16. The standard InChI is InChI=1S/C9H11F3P/c1-13(2,9(10,11)12)8-6-4-3-5-7-8/h3-7H,1-2H3/q+1. The Morgan fingerprint density at radius 1 is 1.00 bits per heavy atom. The summed E-state index contributed by atoms with van der Waals surface area (Å²) in [6, 6.07) is 8.09. The van der Waals surface area contributed by atoms with Gasteiger partial charge in [0.2, 0.25) is 0 Å². The summed E-state index contributed by atoms with van der Waals surface area (Å²) in [7, 11) is -2.98. The third kappa shape index (κ3) is 2.02. The summed E-state index contributed by atoms with van der Waals surface area (Å²) in [4.78, 5) is 0. The number of rotatable bonds is 1. The van der Waals surface area contributed by atoms with Gasteiger partial charge in [0, 0.05) is 0 Å². The molecule has 0 radical (unpaired) electrons. The second-order valence-corrected chi connectivity index (χ2v) is 7.19.